The van der Waals surface area contributed by atoms with Gasteiger partial charge in [0.05, 0.1) is 5.56 Å². The summed E-state index contributed by atoms with van der Waals surface area (Å²) in [6.45, 7) is 0. The summed E-state index contributed by atoms with van der Waals surface area (Å²) in [5.41, 5.74) is -1.07. The van der Waals surface area contributed by atoms with Gasteiger partial charge in [0.2, 0.25) is 0 Å². The summed E-state index contributed by atoms with van der Waals surface area (Å²) < 4.78 is 39.0. The van der Waals surface area contributed by atoms with Crippen LogP contribution in [0.2, 0.25) is 0 Å². The van der Waals surface area contributed by atoms with Gasteiger partial charge in [-0.3, -0.25) is 0 Å². The number of hydrogen-bond donors (Lipinski definition) is 0. The van der Waals surface area contributed by atoms with E-state index in [-0.39, 0.29) is 5.56 Å². The van der Waals surface area contributed by atoms with Gasteiger partial charge in [-0.05, 0) is 6.07 Å². The molecule has 1 rings (SSSR count). The van der Waals surface area contributed by atoms with E-state index in [1.807, 2.05) is 0 Å². The fourth-order valence-corrected chi connectivity index (χ4v) is 1.09. The Morgan fingerprint density at radius 2 is 2.13 bits per heavy atom. The van der Waals surface area contributed by atoms with E-state index in [2.05, 4.69) is 9.99 Å². The molecule has 0 spiro atoms. The van der Waals surface area contributed by atoms with Crippen molar-refractivity contribution in [2.75, 3.05) is 7.11 Å². The lowest BCUT2D eigenvalue weighted by Crippen LogP contribution is -2.31. The highest BCUT2D eigenvalue weighted by Crippen LogP contribution is 2.21. The number of pyridine rings is 1. The largest absolute Gasteiger partial charge is 0.437 e. The first-order chi connectivity index (χ1) is 6.95. The Kier molecular flexibility index (Phi) is 3.28. The Morgan fingerprint density at radius 1 is 1.47 bits per heavy atom. The van der Waals surface area contributed by atoms with E-state index < -0.39 is 11.9 Å². The monoisotopic (exact) mass is 219 g/mol. The zero-order chi connectivity index (χ0) is 11.5. The van der Waals surface area contributed by atoms with Crippen LogP contribution in [-0.4, -0.2) is 19.0 Å². The topological polar surface area (TPSA) is 25.5 Å². The van der Waals surface area contributed by atoms with Crippen molar-refractivity contribution >= 4 is 5.71 Å². The zero-order valence-corrected chi connectivity index (χ0v) is 8.25. The number of aromatic nitrogens is 1. The van der Waals surface area contributed by atoms with Crippen molar-refractivity contribution in [3.63, 3.8) is 0 Å². The van der Waals surface area contributed by atoms with Crippen LogP contribution in [0.4, 0.5) is 13.2 Å². The van der Waals surface area contributed by atoms with Crippen LogP contribution < -0.4 is 4.57 Å². The van der Waals surface area contributed by atoms with Gasteiger partial charge in [-0.25, -0.2) is 4.57 Å². The van der Waals surface area contributed by atoms with Crippen molar-refractivity contribution < 1.29 is 22.6 Å². The highest BCUT2D eigenvalue weighted by atomic mass is 19.4. The lowest BCUT2D eigenvalue weighted by molar-refractivity contribution is -0.671. The Morgan fingerprint density at radius 3 is 2.60 bits per heavy atom. The van der Waals surface area contributed by atoms with Crippen molar-refractivity contribution in [2.24, 2.45) is 12.2 Å². The number of aryl methyl sites for hydroxylation is 1. The number of rotatable bonds is 2. The van der Waals surface area contributed by atoms with Crippen LogP contribution in [-0.2, 0) is 11.9 Å². The predicted molar refractivity (Wildman–Crippen MR) is 47.2 cm³/mol. The molecule has 1 aromatic rings. The smallest absolute Gasteiger partial charge is 0.399 e. The van der Waals surface area contributed by atoms with Crippen LogP contribution in [0.3, 0.4) is 0 Å². The number of nitrogens with zero attached hydrogens (tertiary/aromatic N) is 2. The molecule has 0 saturated heterocycles. The van der Waals surface area contributed by atoms with E-state index in [1.54, 1.807) is 13.2 Å². The van der Waals surface area contributed by atoms with E-state index in [9.17, 15) is 13.2 Å². The third-order valence-corrected chi connectivity index (χ3v) is 1.66. The maximum atomic E-state index is 12.5. The maximum absolute atomic E-state index is 12.5. The van der Waals surface area contributed by atoms with Gasteiger partial charge in [0.1, 0.15) is 14.2 Å². The summed E-state index contributed by atoms with van der Waals surface area (Å²) in [4.78, 5) is 4.18. The third-order valence-electron chi connectivity index (χ3n) is 1.66. The molecule has 0 aromatic carbocycles. The van der Waals surface area contributed by atoms with Gasteiger partial charge in [-0.15, -0.1) is 0 Å². The molecule has 3 nitrogen and oxygen atoms in total. The fourth-order valence-electron chi connectivity index (χ4n) is 1.09. The molecule has 0 atom stereocenters. The predicted octanol–water partition coefficient (Wildman–Crippen LogP) is 1.42. The van der Waals surface area contributed by atoms with Gasteiger partial charge in [0, 0.05) is 6.07 Å². The average molecular weight is 219 g/mol. The standard InChI is InChI=1S/C9H10F3N2O/c1-14-5-3-4-7(6-14)8(13-15-2)9(10,11)12/h3-6H,1-2H3/q+1/b13-8+. The van der Waals surface area contributed by atoms with Crippen LogP contribution >= 0.6 is 0 Å². The molecule has 0 aliphatic heterocycles. The lowest BCUT2D eigenvalue weighted by Gasteiger charge is -2.07. The van der Waals surface area contributed by atoms with E-state index >= 15 is 0 Å². The Hall–Kier alpha value is -1.59. The van der Waals surface area contributed by atoms with Gasteiger partial charge in [0.15, 0.2) is 18.1 Å². The first kappa shape index (κ1) is 11.5. The van der Waals surface area contributed by atoms with Crippen molar-refractivity contribution in [3.05, 3.63) is 30.1 Å². The summed E-state index contributed by atoms with van der Waals surface area (Å²) in [5.74, 6) is 0. The summed E-state index contributed by atoms with van der Waals surface area (Å²) in [5, 5.41) is 2.99. The van der Waals surface area contributed by atoms with Crippen LogP contribution in [0.15, 0.2) is 29.7 Å². The molecule has 0 fully saturated rings. The number of oxime groups is 1. The quantitative estimate of drug-likeness (QED) is 0.419. The molecule has 0 radical (unpaired) electrons. The van der Waals surface area contributed by atoms with E-state index in [0.717, 1.165) is 7.11 Å². The molecule has 0 aliphatic rings. The highest BCUT2D eigenvalue weighted by Gasteiger charge is 2.38. The second kappa shape index (κ2) is 4.29. The molecule has 0 amide bonds. The Bertz CT molecular complexity index is 374. The molecular formula is C9H10F3N2O+. The van der Waals surface area contributed by atoms with E-state index in [0.29, 0.717) is 0 Å². The van der Waals surface area contributed by atoms with Crippen molar-refractivity contribution in [3.8, 4) is 0 Å². The van der Waals surface area contributed by atoms with Gasteiger partial charge in [-0.2, -0.15) is 13.2 Å². The summed E-state index contributed by atoms with van der Waals surface area (Å²) in [6.07, 6.45) is -1.57. The fraction of sp³-hybridized carbons (Fsp3) is 0.333. The molecule has 82 valence electrons. The average Bonchev–Trinajstić information content (AvgIpc) is 2.12. The number of halogens is 3. The minimum atomic E-state index is -4.52. The van der Waals surface area contributed by atoms with Gasteiger partial charge < -0.3 is 4.84 Å². The molecule has 0 N–H and O–H groups in total. The molecule has 0 bridgehead atoms. The first-order valence-corrected chi connectivity index (χ1v) is 4.09. The Balaban J connectivity index is 3.17. The minimum Gasteiger partial charge on any atom is -0.399 e. The number of hydrogen-bond acceptors (Lipinski definition) is 2. The van der Waals surface area contributed by atoms with Gasteiger partial charge >= 0.3 is 6.18 Å². The van der Waals surface area contributed by atoms with Crippen molar-refractivity contribution in [1.82, 2.24) is 0 Å². The lowest BCUT2D eigenvalue weighted by atomic mass is 10.2. The van der Waals surface area contributed by atoms with Crippen molar-refractivity contribution in [1.29, 1.82) is 0 Å². The summed E-state index contributed by atoms with van der Waals surface area (Å²) >= 11 is 0. The molecule has 6 heteroatoms. The SMILES string of the molecule is CO/N=C(\c1ccc[n+](C)c1)C(F)(F)F. The third kappa shape index (κ3) is 2.93. The molecule has 1 heterocycles. The molecule has 1 aromatic heterocycles. The molecule has 0 aliphatic carbocycles. The molecule has 15 heavy (non-hydrogen) atoms. The first-order valence-electron chi connectivity index (χ1n) is 4.09. The molecule has 0 unspecified atom stereocenters. The maximum Gasteiger partial charge on any atom is 0.437 e. The molecule has 0 saturated carbocycles. The number of alkyl halides is 3. The van der Waals surface area contributed by atoms with Crippen molar-refractivity contribution in [2.45, 2.75) is 6.18 Å². The van der Waals surface area contributed by atoms with Crippen LogP contribution in [0, 0.1) is 0 Å². The zero-order valence-electron chi connectivity index (χ0n) is 8.25. The second-order valence-corrected chi connectivity index (χ2v) is 2.88. The van der Waals surface area contributed by atoms with E-state index in [4.69, 9.17) is 0 Å². The van der Waals surface area contributed by atoms with Crippen LogP contribution in [0.5, 0.6) is 0 Å². The second-order valence-electron chi connectivity index (χ2n) is 2.88. The Labute approximate surface area is 84.8 Å². The van der Waals surface area contributed by atoms with E-state index in [1.165, 1.54) is 22.9 Å². The molecular weight excluding hydrogens is 209 g/mol. The van der Waals surface area contributed by atoms with Crippen LogP contribution in [0.1, 0.15) is 5.56 Å². The van der Waals surface area contributed by atoms with Gasteiger partial charge in [-0.1, -0.05) is 5.16 Å². The van der Waals surface area contributed by atoms with Crippen LogP contribution in [0.25, 0.3) is 0 Å². The summed E-state index contributed by atoms with van der Waals surface area (Å²) in [7, 11) is 2.71. The summed E-state index contributed by atoms with van der Waals surface area (Å²) in [6, 6.07) is 2.83. The normalized spacial score (nSPS) is 12.7. The minimum absolute atomic E-state index is 0.0330. The van der Waals surface area contributed by atoms with Gasteiger partial charge in [0.25, 0.3) is 0 Å². The highest BCUT2D eigenvalue weighted by molar-refractivity contribution is 6.03.